The summed E-state index contributed by atoms with van der Waals surface area (Å²) in [5.74, 6) is 0.0535. The Labute approximate surface area is 113 Å². The SMILES string of the molecule is Cc1c(C(=O)NC2CC2)cc(-c2ccccc2)n1C. The van der Waals surface area contributed by atoms with Crippen molar-refractivity contribution >= 4 is 5.91 Å². The van der Waals surface area contributed by atoms with Gasteiger partial charge < -0.3 is 9.88 Å². The molecule has 0 bridgehead atoms. The third-order valence-corrected chi connectivity index (χ3v) is 3.76. The highest BCUT2D eigenvalue weighted by atomic mass is 16.1. The Bertz CT molecular complexity index is 609. The average Bonchev–Trinajstić information content (AvgIpc) is 3.18. The van der Waals surface area contributed by atoms with Crippen LogP contribution < -0.4 is 5.32 Å². The van der Waals surface area contributed by atoms with Crippen LogP contribution in [0.3, 0.4) is 0 Å². The molecule has 3 nitrogen and oxygen atoms in total. The Morgan fingerprint density at radius 3 is 2.58 bits per heavy atom. The first-order chi connectivity index (χ1) is 9.16. The Hall–Kier alpha value is -2.03. The quantitative estimate of drug-likeness (QED) is 0.897. The lowest BCUT2D eigenvalue weighted by Crippen LogP contribution is -2.25. The molecule has 0 spiro atoms. The Morgan fingerprint density at radius 1 is 1.26 bits per heavy atom. The smallest absolute Gasteiger partial charge is 0.253 e. The Balaban J connectivity index is 1.96. The fourth-order valence-corrected chi connectivity index (χ4v) is 2.31. The standard InChI is InChI=1S/C16H18N2O/c1-11-14(16(19)17-13-8-9-13)10-15(18(11)2)12-6-4-3-5-7-12/h3-7,10,13H,8-9H2,1-2H3,(H,17,19). The molecule has 0 radical (unpaired) electrons. The molecular formula is C16H18N2O. The van der Waals surface area contributed by atoms with Gasteiger partial charge in [0, 0.05) is 24.5 Å². The zero-order valence-corrected chi connectivity index (χ0v) is 11.3. The van der Waals surface area contributed by atoms with Crippen molar-refractivity contribution in [3.8, 4) is 11.3 Å². The minimum absolute atomic E-state index is 0.0535. The van der Waals surface area contributed by atoms with Gasteiger partial charge in [0.1, 0.15) is 0 Å². The predicted octanol–water partition coefficient (Wildman–Crippen LogP) is 2.89. The number of carbonyl (C=O) groups excluding carboxylic acids is 1. The van der Waals surface area contributed by atoms with E-state index in [9.17, 15) is 4.79 Å². The van der Waals surface area contributed by atoms with Crippen LogP contribution in [0.2, 0.25) is 0 Å². The number of nitrogens with zero attached hydrogens (tertiary/aromatic N) is 1. The van der Waals surface area contributed by atoms with Crippen molar-refractivity contribution in [1.82, 2.24) is 9.88 Å². The molecule has 0 aliphatic heterocycles. The van der Waals surface area contributed by atoms with Crippen LogP contribution in [-0.4, -0.2) is 16.5 Å². The highest BCUT2D eigenvalue weighted by molar-refractivity contribution is 5.97. The van der Waals surface area contributed by atoms with E-state index in [0.29, 0.717) is 6.04 Å². The van der Waals surface area contributed by atoms with Gasteiger partial charge in [0.05, 0.1) is 5.56 Å². The number of amides is 1. The van der Waals surface area contributed by atoms with Gasteiger partial charge in [0.15, 0.2) is 0 Å². The summed E-state index contributed by atoms with van der Waals surface area (Å²) in [6.07, 6.45) is 2.23. The van der Waals surface area contributed by atoms with Gasteiger partial charge in [-0.1, -0.05) is 30.3 Å². The van der Waals surface area contributed by atoms with Crippen molar-refractivity contribution in [2.75, 3.05) is 0 Å². The minimum atomic E-state index is 0.0535. The molecule has 0 saturated heterocycles. The second-order valence-corrected chi connectivity index (χ2v) is 5.20. The van der Waals surface area contributed by atoms with Crippen molar-refractivity contribution in [2.24, 2.45) is 7.05 Å². The van der Waals surface area contributed by atoms with Crippen LogP contribution in [0.4, 0.5) is 0 Å². The van der Waals surface area contributed by atoms with Gasteiger partial charge in [-0.25, -0.2) is 0 Å². The van der Waals surface area contributed by atoms with Crippen molar-refractivity contribution in [3.63, 3.8) is 0 Å². The van der Waals surface area contributed by atoms with E-state index >= 15 is 0 Å². The average molecular weight is 254 g/mol. The summed E-state index contributed by atoms with van der Waals surface area (Å²) in [6, 6.07) is 12.5. The fraction of sp³-hybridized carbons (Fsp3) is 0.312. The summed E-state index contributed by atoms with van der Waals surface area (Å²) in [6.45, 7) is 1.99. The monoisotopic (exact) mass is 254 g/mol. The lowest BCUT2D eigenvalue weighted by atomic mass is 10.1. The second kappa shape index (κ2) is 4.57. The molecule has 98 valence electrons. The molecule has 1 aromatic carbocycles. The van der Waals surface area contributed by atoms with Crippen molar-refractivity contribution in [1.29, 1.82) is 0 Å². The fourth-order valence-electron chi connectivity index (χ4n) is 2.31. The van der Waals surface area contributed by atoms with Crippen LogP contribution in [-0.2, 0) is 7.05 Å². The summed E-state index contributed by atoms with van der Waals surface area (Å²) < 4.78 is 2.08. The van der Waals surface area contributed by atoms with E-state index in [2.05, 4.69) is 22.0 Å². The van der Waals surface area contributed by atoms with Gasteiger partial charge in [-0.05, 0) is 31.4 Å². The summed E-state index contributed by atoms with van der Waals surface area (Å²) >= 11 is 0. The largest absolute Gasteiger partial charge is 0.349 e. The Kier molecular flexibility index (Phi) is 2.90. The number of nitrogens with one attached hydrogen (secondary N) is 1. The van der Waals surface area contributed by atoms with Gasteiger partial charge in [-0.3, -0.25) is 4.79 Å². The van der Waals surface area contributed by atoms with Gasteiger partial charge in [-0.2, -0.15) is 0 Å². The number of rotatable bonds is 3. The molecule has 0 atom stereocenters. The maximum Gasteiger partial charge on any atom is 0.253 e. The van der Waals surface area contributed by atoms with E-state index in [1.807, 2.05) is 38.2 Å². The van der Waals surface area contributed by atoms with E-state index < -0.39 is 0 Å². The maximum atomic E-state index is 12.2. The van der Waals surface area contributed by atoms with E-state index in [1.165, 1.54) is 0 Å². The number of hydrogen-bond acceptors (Lipinski definition) is 1. The molecule has 19 heavy (non-hydrogen) atoms. The van der Waals surface area contributed by atoms with Crippen molar-refractivity contribution in [3.05, 3.63) is 47.7 Å². The Morgan fingerprint density at radius 2 is 1.95 bits per heavy atom. The summed E-state index contributed by atoms with van der Waals surface area (Å²) in [5, 5.41) is 3.05. The second-order valence-electron chi connectivity index (χ2n) is 5.20. The molecule has 1 aromatic heterocycles. The molecule has 3 rings (SSSR count). The van der Waals surface area contributed by atoms with E-state index in [1.54, 1.807) is 0 Å². The maximum absolute atomic E-state index is 12.2. The molecule has 1 N–H and O–H groups in total. The molecule has 1 heterocycles. The molecule has 1 aliphatic rings. The summed E-state index contributed by atoms with van der Waals surface area (Å²) in [5.41, 5.74) is 4.02. The number of aromatic nitrogens is 1. The highest BCUT2D eigenvalue weighted by Gasteiger charge is 2.25. The van der Waals surface area contributed by atoms with E-state index in [-0.39, 0.29) is 5.91 Å². The van der Waals surface area contributed by atoms with Gasteiger partial charge in [0.25, 0.3) is 5.91 Å². The first kappa shape index (κ1) is 12.0. The van der Waals surface area contributed by atoms with Crippen LogP contribution in [0.1, 0.15) is 28.9 Å². The lowest BCUT2D eigenvalue weighted by Gasteiger charge is -2.05. The van der Waals surface area contributed by atoms with Gasteiger partial charge in [0.2, 0.25) is 0 Å². The van der Waals surface area contributed by atoms with Crippen molar-refractivity contribution in [2.45, 2.75) is 25.8 Å². The third kappa shape index (κ3) is 2.28. The van der Waals surface area contributed by atoms with E-state index in [0.717, 1.165) is 35.4 Å². The van der Waals surface area contributed by atoms with E-state index in [4.69, 9.17) is 0 Å². The van der Waals surface area contributed by atoms with Crippen LogP contribution >= 0.6 is 0 Å². The molecule has 1 saturated carbocycles. The zero-order valence-electron chi connectivity index (χ0n) is 11.3. The van der Waals surface area contributed by atoms with Crippen LogP contribution in [0.5, 0.6) is 0 Å². The van der Waals surface area contributed by atoms with Crippen LogP contribution in [0.15, 0.2) is 36.4 Å². The first-order valence-electron chi connectivity index (χ1n) is 6.69. The molecular weight excluding hydrogens is 236 g/mol. The predicted molar refractivity (Wildman–Crippen MR) is 76.1 cm³/mol. The van der Waals surface area contributed by atoms with Crippen molar-refractivity contribution < 1.29 is 4.79 Å². The van der Waals surface area contributed by atoms with Gasteiger partial charge >= 0.3 is 0 Å². The molecule has 0 unspecified atom stereocenters. The highest BCUT2D eigenvalue weighted by Crippen LogP contribution is 2.26. The molecule has 1 amide bonds. The molecule has 1 fully saturated rings. The molecule has 2 aromatic rings. The topological polar surface area (TPSA) is 34.0 Å². The first-order valence-corrected chi connectivity index (χ1v) is 6.69. The number of carbonyl (C=O) groups is 1. The summed E-state index contributed by atoms with van der Waals surface area (Å²) in [4.78, 5) is 12.2. The van der Waals surface area contributed by atoms with Crippen LogP contribution in [0, 0.1) is 6.92 Å². The molecule has 1 aliphatic carbocycles. The number of hydrogen-bond donors (Lipinski definition) is 1. The summed E-state index contributed by atoms with van der Waals surface area (Å²) in [7, 11) is 2.01. The number of benzene rings is 1. The normalized spacial score (nSPS) is 14.4. The zero-order chi connectivity index (χ0) is 13.4. The lowest BCUT2D eigenvalue weighted by molar-refractivity contribution is 0.0950. The minimum Gasteiger partial charge on any atom is -0.349 e. The van der Waals surface area contributed by atoms with Gasteiger partial charge in [-0.15, -0.1) is 0 Å². The van der Waals surface area contributed by atoms with Crippen LogP contribution in [0.25, 0.3) is 11.3 Å². The molecule has 3 heteroatoms. The third-order valence-electron chi connectivity index (χ3n) is 3.76.